The van der Waals surface area contributed by atoms with Crippen LogP contribution in [0.3, 0.4) is 0 Å². The highest BCUT2D eigenvalue weighted by molar-refractivity contribution is 5.86. The minimum atomic E-state index is -0.562. The summed E-state index contributed by atoms with van der Waals surface area (Å²) in [6.45, 7) is 3.22. The number of para-hydroxylation sites is 4. The van der Waals surface area contributed by atoms with E-state index < -0.39 is 11.6 Å². The van der Waals surface area contributed by atoms with E-state index in [-0.39, 0.29) is 37.2 Å². The quantitative estimate of drug-likeness (QED) is 0.238. The number of imidazole rings is 2. The van der Waals surface area contributed by atoms with Gasteiger partial charge in [-0.05, 0) is 30.3 Å². The molecule has 0 fully saturated rings. The predicted molar refractivity (Wildman–Crippen MR) is 143 cm³/mol. The van der Waals surface area contributed by atoms with Crippen molar-refractivity contribution in [3.05, 3.63) is 96.6 Å². The largest absolute Gasteiger partial charge is 0.329 e. The Morgan fingerprint density at radius 2 is 1.20 bits per heavy atom. The molecule has 0 amide bonds. The maximum Gasteiger partial charge on any atom is 0.130 e. The predicted octanol–water partition coefficient (Wildman–Crippen LogP) is 6.13. The smallest absolute Gasteiger partial charge is 0.130 e. The lowest BCUT2D eigenvalue weighted by atomic mass is 10.2. The molecular weight excluding hydrogens is 515 g/mol. The molecule has 186 valence electrons. The van der Waals surface area contributed by atoms with E-state index in [1.165, 1.54) is 12.1 Å². The van der Waals surface area contributed by atoms with Crippen LogP contribution in [0.15, 0.2) is 79.4 Å². The van der Waals surface area contributed by atoms with Crippen LogP contribution in [0.25, 0.3) is 22.1 Å². The van der Waals surface area contributed by atoms with E-state index in [1.807, 2.05) is 61.2 Å². The molecule has 0 saturated carbocycles. The van der Waals surface area contributed by atoms with Gasteiger partial charge < -0.3 is 9.13 Å². The van der Waals surface area contributed by atoms with Crippen molar-refractivity contribution in [2.45, 2.75) is 19.6 Å². The third-order valence-electron chi connectivity index (χ3n) is 5.78. The number of hydrogen-bond acceptors (Lipinski definition) is 3. The second kappa shape index (κ2) is 12.8. The summed E-state index contributed by atoms with van der Waals surface area (Å²) in [4.78, 5) is 11.1. The second-order valence-corrected chi connectivity index (χ2v) is 7.87. The van der Waals surface area contributed by atoms with E-state index in [9.17, 15) is 8.78 Å². The number of nitrogens with zero attached hydrogens (tertiary/aromatic N) is 5. The van der Waals surface area contributed by atoms with E-state index in [0.717, 1.165) is 28.1 Å². The molecule has 0 unspecified atom stereocenters. The molecule has 3 aromatic carbocycles. The van der Waals surface area contributed by atoms with Gasteiger partial charge in [0.2, 0.25) is 0 Å². The first kappa shape index (κ1) is 28.5. The normalized spacial score (nSPS) is 10.7. The van der Waals surface area contributed by atoms with Gasteiger partial charge in [-0.15, -0.1) is 37.2 Å². The van der Waals surface area contributed by atoms with Gasteiger partial charge in [0.15, 0.2) is 0 Å². The molecule has 0 atom stereocenters. The summed E-state index contributed by atoms with van der Waals surface area (Å²) in [5.74, 6) is -1.08. The lowest BCUT2D eigenvalue weighted by Gasteiger charge is -2.23. The van der Waals surface area contributed by atoms with Crippen LogP contribution < -0.4 is 0 Å². The van der Waals surface area contributed by atoms with Crippen LogP contribution in [0.2, 0.25) is 0 Å². The number of aromatic nitrogens is 4. The van der Waals surface area contributed by atoms with E-state index in [2.05, 4.69) is 24.0 Å². The molecule has 0 bridgehead atoms. The van der Waals surface area contributed by atoms with Gasteiger partial charge in [0.25, 0.3) is 0 Å². The number of rotatable bonds is 8. The number of hydrogen-bond donors (Lipinski definition) is 0. The van der Waals surface area contributed by atoms with E-state index in [0.29, 0.717) is 38.3 Å². The Kier molecular flexibility index (Phi) is 10.5. The van der Waals surface area contributed by atoms with Crippen molar-refractivity contribution in [3.8, 4) is 0 Å². The molecule has 5 rings (SSSR count). The van der Waals surface area contributed by atoms with Crippen LogP contribution in [-0.4, -0.2) is 37.1 Å². The molecule has 35 heavy (non-hydrogen) atoms. The maximum atomic E-state index is 14.4. The Morgan fingerprint density at radius 1 is 0.686 bits per heavy atom. The third kappa shape index (κ3) is 6.49. The van der Waals surface area contributed by atoms with E-state index in [4.69, 9.17) is 0 Å². The summed E-state index contributed by atoms with van der Waals surface area (Å²) in [7, 11) is 0. The first-order chi connectivity index (χ1) is 15.7. The Bertz CT molecular complexity index is 1290. The molecule has 0 saturated heterocycles. The zero-order chi connectivity index (χ0) is 21.9. The fourth-order valence-electron chi connectivity index (χ4n) is 4.04. The van der Waals surface area contributed by atoms with Crippen LogP contribution in [0, 0.1) is 11.6 Å². The molecule has 2 aromatic heterocycles. The standard InChI is InChI=1S/C25H23F2N5.3ClH/c26-20-10-9-19(21(27)15-20)16-30(11-13-31-17-28-22-5-1-3-7-24(22)31)12-14-32-18-29-23-6-2-4-8-25(23)32;;;/h1-10,15,17-18H,11-14,16H2;3*1H. The van der Waals surface area contributed by atoms with Crippen LogP contribution in [0.4, 0.5) is 8.78 Å². The highest BCUT2D eigenvalue weighted by atomic mass is 35.5. The van der Waals surface area contributed by atoms with Crippen molar-refractivity contribution >= 4 is 59.3 Å². The fourth-order valence-corrected chi connectivity index (χ4v) is 4.04. The Hall–Kier alpha value is -2.71. The topological polar surface area (TPSA) is 38.9 Å². The monoisotopic (exact) mass is 539 g/mol. The Balaban J connectivity index is 0.00000144. The minimum Gasteiger partial charge on any atom is -0.329 e. The molecule has 0 N–H and O–H groups in total. The summed E-state index contributed by atoms with van der Waals surface area (Å²) < 4.78 is 31.9. The van der Waals surface area contributed by atoms with Gasteiger partial charge in [0.05, 0.1) is 34.7 Å². The van der Waals surface area contributed by atoms with Crippen molar-refractivity contribution < 1.29 is 8.78 Å². The van der Waals surface area contributed by atoms with Crippen LogP contribution >= 0.6 is 37.2 Å². The number of benzene rings is 3. The summed E-state index contributed by atoms with van der Waals surface area (Å²) in [6, 6.07) is 19.8. The number of halogens is 5. The van der Waals surface area contributed by atoms with Crippen LogP contribution in [0.1, 0.15) is 5.56 Å². The van der Waals surface area contributed by atoms with Crippen molar-refractivity contribution in [3.63, 3.8) is 0 Å². The molecular formula is C25H26Cl3F2N5. The minimum absolute atomic E-state index is 0. The van der Waals surface area contributed by atoms with E-state index in [1.54, 1.807) is 0 Å². The lowest BCUT2D eigenvalue weighted by molar-refractivity contribution is 0.243. The van der Waals surface area contributed by atoms with Crippen molar-refractivity contribution in [1.29, 1.82) is 0 Å². The highest BCUT2D eigenvalue weighted by Crippen LogP contribution is 2.16. The third-order valence-corrected chi connectivity index (χ3v) is 5.78. The van der Waals surface area contributed by atoms with Gasteiger partial charge in [-0.2, -0.15) is 0 Å². The van der Waals surface area contributed by atoms with Gasteiger partial charge in [0, 0.05) is 44.4 Å². The molecule has 0 aliphatic carbocycles. The molecule has 0 aliphatic rings. The molecule has 0 aliphatic heterocycles. The molecule has 0 spiro atoms. The average Bonchev–Trinajstić information content (AvgIpc) is 3.41. The van der Waals surface area contributed by atoms with Gasteiger partial charge in [0.1, 0.15) is 11.6 Å². The second-order valence-electron chi connectivity index (χ2n) is 7.87. The summed E-state index contributed by atoms with van der Waals surface area (Å²) >= 11 is 0. The summed E-state index contributed by atoms with van der Waals surface area (Å²) in [6.07, 6.45) is 3.68. The first-order valence-electron chi connectivity index (χ1n) is 10.6. The molecule has 5 aromatic rings. The molecule has 2 heterocycles. The van der Waals surface area contributed by atoms with Crippen molar-refractivity contribution in [2.24, 2.45) is 0 Å². The zero-order valence-corrected chi connectivity index (χ0v) is 21.2. The van der Waals surface area contributed by atoms with Gasteiger partial charge in [-0.1, -0.05) is 30.3 Å². The van der Waals surface area contributed by atoms with Crippen molar-refractivity contribution in [2.75, 3.05) is 13.1 Å². The van der Waals surface area contributed by atoms with Gasteiger partial charge in [-0.3, -0.25) is 4.90 Å². The average molecular weight is 541 g/mol. The molecule has 5 nitrogen and oxygen atoms in total. The zero-order valence-electron chi connectivity index (χ0n) is 18.8. The number of fused-ring (bicyclic) bond motifs is 2. The SMILES string of the molecule is Cl.Cl.Cl.Fc1ccc(CN(CCn2cnc3ccccc32)CCn2cnc3ccccc32)c(F)c1. The Labute approximate surface area is 221 Å². The van der Waals surface area contributed by atoms with Gasteiger partial charge in [-0.25, -0.2) is 18.7 Å². The van der Waals surface area contributed by atoms with Gasteiger partial charge >= 0.3 is 0 Å². The Morgan fingerprint density at radius 3 is 1.71 bits per heavy atom. The first-order valence-corrected chi connectivity index (χ1v) is 10.6. The lowest BCUT2D eigenvalue weighted by Crippen LogP contribution is -2.30. The van der Waals surface area contributed by atoms with Crippen molar-refractivity contribution in [1.82, 2.24) is 24.0 Å². The molecule has 0 radical (unpaired) electrons. The highest BCUT2D eigenvalue weighted by Gasteiger charge is 2.13. The van der Waals surface area contributed by atoms with Crippen LogP contribution in [0.5, 0.6) is 0 Å². The van der Waals surface area contributed by atoms with E-state index >= 15 is 0 Å². The summed E-state index contributed by atoms with van der Waals surface area (Å²) in [5, 5.41) is 0. The fraction of sp³-hybridized carbons (Fsp3) is 0.200. The summed E-state index contributed by atoms with van der Waals surface area (Å²) in [5.41, 5.74) is 4.53. The van der Waals surface area contributed by atoms with Crippen LogP contribution in [-0.2, 0) is 19.6 Å². The molecule has 10 heteroatoms. The maximum absolute atomic E-state index is 14.4.